The lowest BCUT2D eigenvalue weighted by atomic mass is 10.2. The molecule has 1 aromatic carbocycles. The van der Waals surface area contributed by atoms with Crippen LogP contribution in [0.15, 0.2) is 35.1 Å². The van der Waals surface area contributed by atoms with Crippen molar-refractivity contribution in [1.29, 1.82) is 0 Å². The van der Waals surface area contributed by atoms with Gasteiger partial charge in [0.15, 0.2) is 0 Å². The summed E-state index contributed by atoms with van der Waals surface area (Å²) in [7, 11) is 0. The number of hydrogen-bond donors (Lipinski definition) is 2. The van der Waals surface area contributed by atoms with Crippen LogP contribution in [-0.2, 0) is 0 Å². The SMILES string of the molecule is Cc1cc(Nc2ncc(C(=O)NC3CCCC3)cn2)ccc1Br. The minimum absolute atomic E-state index is 0.0945. The minimum atomic E-state index is -0.0945. The van der Waals surface area contributed by atoms with Crippen LogP contribution in [0.1, 0.15) is 41.6 Å². The predicted octanol–water partition coefficient (Wildman–Crippen LogP) is 3.96. The largest absolute Gasteiger partial charge is 0.349 e. The molecule has 0 spiro atoms. The van der Waals surface area contributed by atoms with E-state index in [1.165, 1.54) is 12.8 Å². The van der Waals surface area contributed by atoms with E-state index in [1.54, 1.807) is 12.4 Å². The Morgan fingerprint density at radius 1 is 1.22 bits per heavy atom. The number of aromatic nitrogens is 2. The Kier molecular flexibility index (Phi) is 4.91. The number of halogens is 1. The molecule has 5 nitrogen and oxygen atoms in total. The van der Waals surface area contributed by atoms with Crippen molar-refractivity contribution in [2.24, 2.45) is 0 Å². The van der Waals surface area contributed by atoms with Crippen molar-refractivity contribution in [3.05, 3.63) is 46.2 Å². The maximum absolute atomic E-state index is 12.1. The fourth-order valence-electron chi connectivity index (χ4n) is 2.70. The van der Waals surface area contributed by atoms with Gasteiger partial charge in [-0.2, -0.15) is 0 Å². The molecule has 3 rings (SSSR count). The fraction of sp³-hybridized carbons (Fsp3) is 0.353. The van der Waals surface area contributed by atoms with Crippen molar-refractivity contribution in [2.45, 2.75) is 38.6 Å². The number of carbonyl (C=O) groups is 1. The second-order valence-corrected chi connectivity index (χ2v) is 6.69. The number of rotatable bonds is 4. The van der Waals surface area contributed by atoms with E-state index in [9.17, 15) is 4.79 Å². The van der Waals surface area contributed by atoms with E-state index in [4.69, 9.17) is 0 Å². The Hall–Kier alpha value is -1.95. The molecular weight excluding hydrogens is 356 g/mol. The number of hydrogen-bond acceptors (Lipinski definition) is 4. The molecule has 1 heterocycles. The maximum atomic E-state index is 12.1. The normalized spacial score (nSPS) is 14.7. The molecule has 0 saturated heterocycles. The molecule has 1 aliphatic carbocycles. The minimum Gasteiger partial charge on any atom is -0.349 e. The third-order valence-electron chi connectivity index (χ3n) is 4.02. The third-order valence-corrected chi connectivity index (χ3v) is 4.91. The number of anilines is 2. The van der Waals surface area contributed by atoms with Crippen molar-refractivity contribution < 1.29 is 4.79 Å². The summed E-state index contributed by atoms with van der Waals surface area (Å²) in [4.78, 5) is 20.6. The number of aryl methyl sites for hydroxylation is 1. The van der Waals surface area contributed by atoms with E-state index in [0.717, 1.165) is 28.6 Å². The summed E-state index contributed by atoms with van der Waals surface area (Å²) in [6.45, 7) is 2.02. The Balaban J connectivity index is 1.64. The van der Waals surface area contributed by atoms with E-state index < -0.39 is 0 Å². The van der Waals surface area contributed by atoms with Crippen molar-refractivity contribution in [2.75, 3.05) is 5.32 Å². The molecule has 2 aromatic rings. The van der Waals surface area contributed by atoms with Crippen LogP contribution in [-0.4, -0.2) is 21.9 Å². The Labute approximate surface area is 144 Å². The first-order valence-corrected chi connectivity index (χ1v) is 8.57. The molecule has 1 aromatic heterocycles. The van der Waals surface area contributed by atoms with Gasteiger partial charge in [0.25, 0.3) is 5.91 Å². The van der Waals surface area contributed by atoms with Gasteiger partial charge in [0.05, 0.1) is 5.56 Å². The number of carbonyl (C=O) groups excluding carboxylic acids is 1. The summed E-state index contributed by atoms with van der Waals surface area (Å²) in [6.07, 6.45) is 7.63. The molecule has 1 saturated carbocycles. The number of benzene rings is 1. The summed E-state index contributed by atoms with van der Waals surface area (Å²) in [5, 5.41) is 6.17. The summed E-state index contributed by atoms with van der Waals surface area (Å²) in [6, 6.07) is 6.22. The van der Waals surface area contributed by atoms with Crippen LogP contribution in [0.2, 0.25) is 0 Å². The Morgan fingerprint density at radius 2 is 1.91 bits per heavy atom. The predicted molar refractivity (Wildman–Crippen MR) is 93.9 cm³/mol. The topological polar surface area (TPSA) is 66.9 Å². The zero-order valence-corrected chi connectivity index (χ0v) is 14.6. The lowest BCUT2D eigenvalue weighted by Crippen LogP contribution is -2.32. The lowest BCUT2D eigenvalue weighted by molar-refractivity contribution is 0.0937. The zero-order chi connectivity index (χ0) is 16.2. The molecule has 1 fully saturated rings. The number of nitrogens with one attached hydrogen (secondary N) is 2. The van der Waals surface area contributed by atoms with Gasteiger partial charge in [-0.05, 0) is 43.5 Å². The highest BCUT2D eigenvalue weighted by atomic mass is 79.9. The average Bonchev–Trinajstić information content (AvgIpc) is 3.04. The van der Waals surface area contributed by atoms with Crippen LogP contribution < -0.4 is 10.6 Å². The van der Waals surface area contributed by atoms with Crippen LogP contribution in [0.5, 0.6) is 0 Å². The van der Waals surface area contributed by atoms with Crippen molar-refractivity contribution in [3.8, 4) is 0 Å². The third kappa shape index (κ3) is 4.07. The van der Waals surface area contributed by atoms with Crippen molar-refractivity contribution >= 4 is 33.5 Å². The zero-order valence-electron chi connectivity index (χ0n) is 13.0. The molecule has 23 heavy (non-hydrogen) atoms. The van der Waals surface area contributed by atoms with E-state index in [-0.39, 0.29) is 5.91 Å². The monoisotopic (exact) mass is 374 g/mol. The standard InChI is InChI=1S/C17H19BrN4O/c1-11-8-14(6-7-15(11)18)22-17-19-9-12(10-20-17)16(23)21-13-4-2-3-5-13/h6-10,13H,2-5H2,1H3,(H,21,23)(H,19,20,22). The van der Waals surface area contributed by atoms with Gasteiger partial charge in [-0.3, -0.25) is 4.79 Å². The quantitative estimate of drug-likeness (QED) is 0.849. The molecule has 6 heteroatoms. The summed E-state index contributed by atoms with van der Waals surface area (Å²) >= 11 is 3.47. The Bertz CT molecular complexity index is 696. The van der Waals surface area contributed by atoms with Crippen molar-refractivity contribution in [1.82, 2.24) is 15.3 Å². The molecule has 0 bridgehead atoms. The van der Waals surface area contributed by atoms with Gasteiger partial charge < -0.3 is 10.6 Å². The van der Waals surface area contributed by atoms with Crippen LogP contribution in [0.25, 0.3) is 0 Å². The second-order valence-electron chi connectivity index (χ2n) is 5.84. The molecule has 2 N–H and O–H groups in total. The van der Waals surface area contributed by atoms with Crippen LogP contribution in [0.4, 0.5) is 11.6 Å². The van der Waals surface area contributed by atoms with Crippen LogP contribution >= 0.6 is 15.9 Å². The summed E-state index contributed by atoms with van der Waals surface area (Å²) < 4.78 is 1.06. The summed E-state index contributed by atoms with van der Waals surface area (Å²) in [5.41, 5.74) is 2.53. The first-order chi connectivity index (χ1) is 11.1. The summed E-state index contributed by atoms with van der Waals surface area (Å²) in [5.74, 6) is 0.382. The van der Waals surface area contributed by atoms with Crippen molar-refractivity contribution in [3.63, 3.8) is 0 Å². The average molecular weight is 375 g/mol. The molecule has 0 unspecified atom stereocenters. The van der Waals surface area contributed by atoms with Crippen LogP contribution in [0, 0.1) is 6.92 Å². The van der Waals surface area contributed by atoms with E-state index in [2.05, 4.69) is 36.5 Å². The first-order valence-electron chi connectivity index (χ1n) is 7.78. The van der Waals surface area contributed by atoms with Gasteiger partial charge >= 0.3 is 0 Å². The van der Waals surface area contributed by atoms with Gasteiger partial charge in [-0.15, -0.1) is 0 Å². The number of amides is 1. The lowest BCUT2D eigenvalue weighted by Gasteiger charge is -2.11. The highest BCUT2D eigenvalue weighted by Crippen LogP contribution is 2.22. The van der Waals surface area contributed by atoms with Gasteiger partial charge in [0.1, 0.15) is 0 Å². The van der Waals surface area contributed by atoms with E-state index in [1.807, 2.05) is 25.1 Å². The molecule has 1 aliphatic rings. The molecule has 0 aliphatic heterocycles. The maximum Gasteiger partial charge on any atom is 0.254 e. The van der Waals surface area contributed by atoms with Gasteiger partial charge in [0, 0.05) is 28.6 Å². The van der Waals surface area contributed by atoms with Gasteiger partial charge in [-0.1, -0.05) is 28.8 Å². The second kappa shape index (κ2) is 7.08. The molecule has 120 valence electrons. The first kappa shape index (κ1) is 15.9. The molecular formula is C17H19BrN4O. The highest BCUT2D eigenvalue weighted by Gasteiger charge is 2.18. The highest BCUT2D eigenvalue weighted by molar-refractivity contribution is 9.10. The van der Waals surface area contributed by atoms with E-state index >= 15 is 0 Å². The molecule has 0 atom stereocenters. The van der Waals surface area contributed by atoms with Gasteiger partial charge in [0.2, 0.25) is 5.95 Å². The Morgan fingerprint density at radius 3 is 2.57 bits per heavy atom. The molecule has 0 radical (unpaired) electrons. The fourth-order valence-corrected chi connectivity index (χ4v) is 2.95. The smallest absolute Gasteiger partial charge is 0.254 e. The molecule has 1 amide bonds. The van der Waals surface area contributed by atoms with Crippen LogP contribution in [0.3, 0.4) is 0 Å². The number of nitrogens with zero attached hydrogens (tertiary/aromatic N) is 2. The van der Waals surface area contributed by atoms with E-state index in [0.29, 0.717) is 17.6 Å². The van der Waals surface area contributed by atoms with Gasteiger partial charge in [-0.25, -0.2) is 9.97 Å².